The van der Waals surface area contributed by atoms with E-state index in [-0.39, 0.29) is 35.3 Å². The molecule has 1 aromatic rings. The van der Waals surface area contributed by atoms with Crippen LogP contribution in [0.1, 0.15) is 50.6 Å². The van der Waals surface area contributed by atoms with E-state index in [2.05, 4.69) is 15.4 Å². The summed E-state index contributed by atoms with van der Waals surface area (Å²) in [5, 5.41) is 6.50. The fourth-order valence-electron chi connectivity index (χ4n) is 3.99. The zero-order valence-corrected chi connectivity index (χ0v) is 16.8. The van der Waals surface area contributed by atoms with Gasteiger partial charge in [-0.3, -0.25) is 4.79 Å². The Labute approximate surface area is 162 Å². The second kappa shape index (κ2) is 8.69. The van der Waals surface area contributed by atoms with Gasteiger partial charge in [-0.25, -0.2) is 13.1 Å². The summed E-state index contributed by atoms with van der Waals surface area (Å²) in [6.45, 7) is 1.88. The van der Waals surface area contributed by atoms with Crippen LogP contribution in [0.5, 0.6) is 0 Å². The van der Waals surface area contributed by atoms with E-state index in [0.29, 0.717) is 12.0 Å². The summed E-state index contributed by atoms with van der Waals surface area (Å²) >= 11 is 0. The molecule has 0 radical (unpaired) electrons. The van der Waals surface area contributed by atoms with Crippen LogP contribution in [0.4, 0.5) is 0 Å². The predicted octanol–water partition coefficient (Wildman–Crippen LogP) is 2.11. The second-order valence-electron chi connectivity index (χ2n) is 7.12. The van der Waals surface area contributed by atoms with Gasteiger partial charge < -0.3 is 10.6 Å². The van der Waals surface area contributed by atoms with Crippen molar-refractivity contribution in [2.24, 2.45) is 5.92 Å². The van der Waals surface area contributed by atoms with Gasteiger partial charge >= 0.3 is 0 Å². The minimum Gasteiger partial charge on any atom is -0.348 e. The van der Waals surface area contributed by atoms with Crippen LogP contribution in [0.25, 0.3) is 0 Å². The van der Waals surface area contributed by atoms with Gasteiger partial charge in [0, 0.05) is 6.04 Å². The van der Waals surface area contributed by atoms with Crippen molar-refractivity contribution < 1.29 is 13.2 Å². The quantitative estimate of drug-likeness (QED) is 0.705. The number of amides is 1. The highest BCUT2D eigenvalue weighted by Gasteiger charge is 2.38. The number of nitrogens with one attached hydrogen (secondary N) is 3. The van der Waals surface area contributed by atoms with Gasteiger partial charge in [0.05, 0.1) is 17.0 Å². The monoisotopic (exact) mass is 401 g/mol. The molecule has 1 aliphatic carbocycles. The molecule has 6 nitrogen and oxygen atoms in total. The van der Waals surface area contributed by atoms with Crippen molar-refractivity contribution >= 4 is 28.3 Å². The van der Waals surface area contributed by atoms with Crippen molar-refractivity contribution in [2.75, 3.05) is 7.05 Å². The molecule has 26 heavy (non-hydrogen) atoms. The molecule has 1 aliphatic heterocycles. The molecular formula is C18H28ClN3O3S. The number of hydrogen-bond donors (Lipinski definition) is 3. The van der Waals surface area contributed by atoms with Gasteiger partial charge in [0.15, 0.2) is 0 Å². The highest BCUT2D eigenvalue weighted by atomic mass is 35.5. The maximum absolute atomic E-state index is 12.6. The molecule has 1 aromatic carbocycles. The summed E-state index contributed by atoms with van der Waals surface area (Å²) in [5.74, 6) is 0.618. The molecule has 8 heteroatoms. The summed E-state index contributed by atoms with van der Waals surface area (Å²) in [6, 6.07) is 6.78. The van der Waals surface area contributed by atoms with Gasteiger partial charge in [-0.2, -0.15) is 0 Å². The standard InChI is InChI=1S/C18H27N3O3S.ClH/c1-12(13-7-5-8-15(10-13)25(23,24)19-2)20-18(22)17-11-14-6-3-4-9-16(14)21-17;/h5,7-8,10,12,14,16-17,19,21H,3-4,6,9,11H2,1-2H3,(H,20,22);1H. The van der Waals surface area contributed by atoms with Crippen molar-refractivity contribution in [3.63, 3.8) is 0 Å². The summed E-state index contributed by atoms with van der Waals surface area (Å²) in [4.78, 5) is 12.8. The summed E-state index contributed by atoms with van der Waals surface area (Å²) < 4.78 is 26.2. The molecule has 4 atom stereocenters. The lowest BCUT2D eigenvalue weighted by molar-refractivity contribution is -0.123. The normalized spacial score (nSPS) is 26.5. The number of fused-ring (bicyclic) bond motifs is 1. The SMILES string of the molecule is CNS(=O)(=O)c1cccc(C(C)NC(=O)C2CC3CCCCC3N2)c1.Cl. The van der Waals surface area contributed by atoms with Crippen molar-refractivity contribution in [1.29, 1.82) is 0 Å². The third kappa shape index (κ3) is 4.57. The van der Waals surface area contributed by atoms with Crippen LogP contribution in [0.2, 0.25) is 0 Å². The first-order chi connectivity index (χ1) is 11.9. The van der Waals surface area contributed by atoms with Gasteiger partial charge in [0.1, 0.15) is 0 Å². The van der Waals surface area contributed by atoms with Crippen LogP contribution < -0.4 is 15.4 Å². The summed E-state index contributed by atoms with van der Waals surface area (Å²) in [5.41, 5.74) is 0.778. The zero-order valence-electron chi connectivity index (χ0n) is 15.2. The number of halogens is 1. The molecule has 1 saturated carbocycles. The van der Waals surface area contributed by atoms with Gasteiger partial charge in [-0.1, -0.05) is 25.0 Å². The van der Waals surface area contributed by atoms with E-state index in [0.717, 1.165) is 18.4 Å². The third-order valence-corrected chi connectivity index (χ3v) is 6.89. The van der Waals surface area contributed by atoms with Crippen LogP contribution in [-0.2, 0) is 14.8 Å². The number of benzene rings is 1. The molecule has 4 unspecified atom stereocenters. The van der Waals surface area contributed by atoms with Crippen LogP contribution in [0.3, 0.4) is 0 Å². The first kappa shape index (κ1) is 21.2. The first-order valence-corrected chi connectivity index (χ1v) is 10.5. The minimum absolute atomic E-state index is 0. The van der Waals surface area contributed by atoms with Crippen molar-refractivity contribution in [3.05, 3.63) is 29.8 Å². The molecule has 3 N–H and O–H groups in total. The molecule has 1 heterocycles. The number of hydrogen-bond acceptors (Lipinski definition) is 4. The smallest absolute Gasteiger partial charge is 0.240 e. The average Bonchev–Trinajstić information content (AvgIpc) is 3.06. The Kier molecular flexibility index (Phi) is 7.07. The Morgan fingerprint density at radius 3 is 2.69 bits per heavy atom. The molecule has 1 amide bonds. The fourth-order valence-corrected chi connectivity index (χ4v) is 4.77. The van der Waals surface area contributed by atoms with Crippen molar-refractivity contribution in [2.45, 2.75) is 62.0 Å². The molecule has 146 valence electrons. The third-order valence-electron chi connectivity index (χ3n) is 5.48. The molecular weight excluding hydrogens is 374 g/mol. The minimum atomic E-state index is -3.49. The van der Waals surface area contributed by atoms with E-state index >= 15 is 0 Å². The highest BCUT2D eigenvalue weighted by Crippen LogP contribution is 2.33. The number of carbonyl (C=O) groups excluding carboxylic acids is 1. The number of rotatable bonds is 5. The van der Waals surface area contributed by atoms with E-state index in [9.17, 15) is 13.2 Å². The average molecular weight is 402 g/mol. The van der Waals surface area contributed by atoms with E-state index in [1.165, 1.54) is 26.3 Å². The predicted molar refractivity (Wildman–Crippen MR) is 104 cm³/mol. The van der Waals surface area contributed by atoms with Gasteiger partial charge in [-0.15, -0.1) is 12.4 Å². The van der Waals surface area contributed by atoms with Crippen molar-refractivity contribution in [1.82, 2.24) is 15.4 Å². The van der Waals surface area contributed by atoms with E-state index in [1.807, 2.05) is 13.0 Å². The molecule has 2 fully saturated rings. The van der Waals surface area contributed by atoms with Crippen LogP contribution in [0, 0.1) is 5.92 Å². The van der Waals surface area contributed by atoms with Crippen LogP contribution in [0.15, 0.2) is 29.2 Å². The highest BCUT2D eigenvalue weighted by molar-refractivity contribution is 7.89. The maximum atomic E-state index is 12.6. The number of carbonyl (C=O) groups is 1. The van der Waals surface area contributed by atoms with E-state index in [1.54, 1.807) is 18.2 Å². The molecule has 0 bridgehead atoms. The van der Waals surface area contributed by atoms with Gasteiger partial charge in [-0.05, 0) is 56.8 Å². The fraction of sp³-hybridized carbons (Fsp3) is 0.611. The Morgan fingerprint density at radius 1 is 1.27 bits per heavy atom. The van der Waals surface area contributed by atoms with E-state index < -0.39 is 10.0 Å². The lowest BCUT2D eigenvalue weighted by atomic mass is 9.85. The largest absolute Gasteiger partial charge is 0.348 e. The second-order valence-corrected chi connectivity index (χ2v) is 9.00. The Balaban J connectivity index is 0.00000243. The molecule has 3 rings (SSSR count). The van der Waals surface area contributed by atoms with Crippen molar-refractivity contribution in [3.8, 4) is 0 Å². The van der Waals surface area contributed by atoms with Crippen LogP contribution >= 0.6 is 12.4 Å². The summed E-state index contributed by atoms with van der Waals surface area (Å²) in [6.07, 6.45) is 5.78. The topological polar surface area (TPSA) is 87.3 Å². The Bertz CT molecular complexity index is 727. The maximum Gasteiger partial charge on any atom is 0.240 e. The number of sulfonamides is 1. The van der Waals surface area contributed by atoms with Gasteiger partial charge in [0.25, 0.3) is 0 Å². The lowest BCUT2D eigenvalue weighted by Gasteiger charge is -2.24. The molecule has 0 spiro atoms. The lowest BCUT2D eigenvalue weighted by Crippen LogP contribution is -2.43. The Morgan fingerprint density at radius 2 is 2.00 bits per heavy atom. The Hall–Kier alpha value is -1.15. The molecule has 1 saturated heterocycles. The molecule has 0 aromatic heterocycles. The van der Waals surface area contributed by atoms with Gasteiger partial charge in [0.2, 0.25) is 15.9 Å². The zero-order chi connectivity index (χ0) is 18.0. The molecule has 2 aliphatic rings. The first-order valence-electron chi connectivity index (χ1n) is 9.00. The van der Waals surface area contributed by atoms with Crippen LogP contribution in [-0.4, -0.2) is 33.5 Å². The summed E-state index contributed by atoms with van der Waals surface area (Å²) in [7, 11) is -2.10. The van der Waals surface area contributed by atoms with E-state index in [4.69, 9.17) is 0 Å².